The molecule has 0 radical (unpaired) electrons. The first kappa shape index (κ1) is 35.7. The Morgan fingerprint density at radius 2 is 1.62 bits per heavy atom. The Labute approximate surface area is 310 Å². The van der Waals surface area contributed by atoms with Gasteiger partial charge in [0.2, 0.25) is 23.6 Å². The lowest BCUT2D eigenvalue weighted by atomic mass is 10.0. The van der Waals surface area contributed by atoms with Gasteiger partial charge in [-0.3, -0.25) is 24.2 Å². The Morgan fingerprint density at radius 1 is 0.942 bits per heavy atom. The molecule has 272 valence electrons. The molecule has 0 spiro atoms. The number of aliphatic hydroxyl groups excluding tert-OH is 1. The van der Waals surface area contributed by atoms with Gasteiger partial charge in [0.1, 0.15) is 24.5 Å². The number of rotatable bonds is 11. The van der Waals surface area contributed by atoms with Crippen molar-refractivity contribution in [3.63, 3.8) is 0 Å². The van der Waals surface area contributed by atoms with E-state index in [9.17, 15) is 24.3 Å². The predicted molar refractivity (Wildman–Crippen MR) is 203 cm³/mol. The molecule has 0 bridgehead atoms. The molecule has 2 fully saturated rings. The molecule has 14 heteroatoms. The summed E-state index contributed by atoms with van der Waals surface area (Å²) in [6.45, 7) is 5.74. The number of hydrogen-bond acceptors (Lipinski definition) is 9. The third-order valence-corrected chi connectivity index (χ3v) is 12.4. The summed E-state index contributed by atoms with van der Waals surface area (Å²) in [4.78, 5) is 70.2. The van der Waals surface area contributed by atoms with E-state index in [-0.39, 0.29) is 35.7 Å². The van der Waals surface area contributed by atoms with Gasteiger partial charge in [-0.05, 0) is 54.9 Å². The Hall–Kier alpha value is -4.66. The van der Waals surface area contributed by atoms with E-state index in [1.807, 2.05) is 61.5 Å². The number of imidazole rings is 1. The van der Waals surface area contributed by atoms with E-state index in [2.05, 4.69) is 27.8 Å². The average molecular weight is 742 g/mol. The molecule has 4 aromatic rings. The highest BCUT2D eigenvalue weighted by molar-refractivity contribution is 7.30. The van der Waals surface area contributed by atoms with Crippen LogP contribution in [0.5, 0.6) is 0 Å². The number of aromatic amines is 1. The van der Waals surface area contributed by atoms with Crippen molar-refractivity contribution in [3.05, 3.63) is 71.1 Å². The van der Waals surface area contributed by atoms with Crippen LogP contribution in [0.1, 0.15) is 81.2 Å². The van der Waals surface area contributed by atoms with Crippen LogP contribution in [0.2, 0.25) is 0 Å². The van der Waals surface area contributed by atoms with Crippen LogP contribution in [0.25, 0.3) is 25.5 Å². The Kier molecular flexibility index (Phi) is 10.4. The minimum absolute atomic E-state index is 0.106. The summed E-state index contributed by atoms with van der Waals surface area (Å²) in [5.41, 5.74) is 3.77. The number of allylic oxidation sites excluding steroid dienone is 1. The van der Waals surface area contributed by atoms with Crippen molar-refractivity contribution >= 4 is 67.0 Å². The van der Waals surface area contributed by atoms with E-state index in [0.717, 1.165) is 73.2 Å². The van der Waals surface area contributed by atoms with Gasteiger partial charge in [0.15, 0.2) is 0 Å². The topological polar surface area (TPSA) is 160 Å². The molecule has 12 nitrogen and oxygen atoms in total. The second kappa shape index (κ2) is 15.1. The number of fused-ring (bicyclic) bond motifs is 1. The summed E-state index contributed by atoms with van der Waals surface area (Å²) in [5, 5.41) is 14.8. The molecule has 6 heterocycles. The maximum Gasteiger partial charge on any atom is 0.250 e. The van der Waals surface area contributed by atoms with E-state index in [1.165, 1.54) is 6.92 Å². The molecule has 1 aromatic carbocycles. The van der Waals surface area contributed by atoms with Crippen LogP contribution in [0.3, 0.4) is 0 Å². The van der Waals surface area contributed by atoms with E-state index in [0.29, 0.717) is 19.5 Å². The first-order valence-electron chi connectivity index (χ1n) is 17.8. The highest BCUT2D eigenvalue weighted by Gasteiger charge is 2.39. The zero-order valence-electron chi connectivity index (χ0n) is 29.4. The molecular weight excluding hydrogens is 699 g/mol. The van der Waals surface area contributed by atoms with Crippen molar-refractivity contribution in [1.29, 1.82) is 0 Å². The van der Waals surface area contributed by atoms with Gasteiger partial charge in [-0.15, -0.1) is 22.7 Å². The zero-order valence-corrected chi connectivity index (χ0v) is 31.1. The predicted octanol–water partition coefficient (Wildman–Crippen LogP) is 5.20. The number of likely N-dealkylation sites (tertiary alicyclic amines) is 2. The summed E-state index contributed by atoms with van der Waals surface area (Å²) in [7, 11) is 0. The fraction of sp³-hybridized carbons (Fsp3) is 0.421. The minimum Gasteiger partial charge on any atom is -0.387 e. The van der Waals surface area contributed by atoms with Crippen LogP contribution in [0.15, 0.2) is 59.9 Å². The maximum absolute atomic E-state index is 13.8. The zero-order chi connectivity index (χ0) is 36.5. The van der Waals surface area contributed by atoms with Gasteiger partial charge in [-0.2, -0.15) is 0 Å². The number of carbonyl (C=O) groups is 4. The molecule has 2 saturated heterocycles. The molecule has 4 atom stereocenters. The number of benzene rings is 1. The first-order chi connectivity index (χ1) is 25.1. The third-order valence-electron chi connectivity index (χ3n) is 10.0. The van der Waals surface area contributed by atoms with Crippen LogP contribution in [0, 0.1) is 5.92 Å². The Morgan fingerprint density at radius 3 is 2.31 bits per heavy atom. The highest BCUT2D eigenvalue weighted by Crippen LogP contribution is 2.42. The number of nitrogens with zero attached hydrogens (tertiary/aromatic N) is 4. The lowest BCUT2D eigenvalue weighted by Crippen LogP contribution is -2.51. The lowest BCUT2D eigenvalue weighted by molar-refractivity contribution is -0.139. The third kappa shape index (κ3) is 7.19. The number of carbonyl (C=O) groups excluding carboxylic acids is 4. The average Bonchev–Trinajstić information content (AvgIpc) is 3.97. The first-order valence-corrected chi connectivity index (χ1v) is 19.4. The normalized spacial score (nSPS) is 19.9. The van der Waals surface area contributed by atoms with Crippen LogP contribution >= 0.6 is 22.7 Å². The number of nitrogens with one attached hydrogen (secondary N) is 3. The molecule has 4 amide bonds. The molecule has 0 saturated carbocycles. The smallest absolute Gasteiger partial charge is 0.250 e. The monoisotopic (exact) mass is 741 g/mol. The number of aliphatic imine (C=N–C) groups is 1. The second-order valence-electron chi connectivity index (χ2n) is 14.0. The van der Waals surface area contributed by atoms with Crippen molar-refractivity contribution in [2.24, 2.45) is 10.9 Å². The number of aromatic nitrogens is 2. The lowest BCUT2D eigenvalue weighted by Gasteiger charge is -2.30. The van der Waals surface area contributed by atoms with E-state index in [1.54, 1.807) is 27.6 Å². The number of H-pyrrole nitrogens is 1. The fourth-order valence-corrected chi connectivity index (χ4v) is 9.83. The molecule has 4 N–H and O–H groups in total. The molecule has 52 heavy (non-hydrogen) atoms. The van der Waals surface area contributed by atoms with Crippen LogP contribution in [0.4, 0.5) is 0 Å². The van der Waals surface area contributed by atoms with Gasteiger partial charge >= 0.3 is 0 Å². The molecule has 7 rings (SSSR count). The number of aliphatic hydroxyl groups is 1. The van der Waals surface area contributed by atoms with Crippen molar-refractivity contribution in [2.75, 3.05) is 19.7 Å². The number of thiophene rings is 2. The van der Waals surface area contributed by atoms with Gasteiger partial charge < -0.3 is 30.5 Å². The van der Waals surface area contributed by atoms with Gasteiger partial charge in [-0.1, -0.05) is 44.2 Å². The summed E-state index contributed by atoms with van der Waals surface area (Å²) in [6.07, 6.45) is 7.77. The van der Waals surface area contributed by atoms with Crippen molar-refractivity contribution in [3.8, 4) is 10.6 Å². The van der Waals surface area contributed by atoms with E-state index < -0.39 is 24.6 Å². The quantitative estimate of drug-likeness (QED) is 0.165. The highest BCUT2D eigenvalue weighted by atomic mass is 32.1. The maximum atomic E-state index is 13.8. The summed E-state index contributed by atoms with van der Waals surface area (Å²) in [5.74, 6) is -0.487. The van der Waals surface area contributed by atoms with Crippen molar-refractivity contribution in [2.45, 2.75) is 77.0 Å². The molecular formula is C38H43N7O5S2. The van der Waals surface area contributed by atoms with Crippen molar-refractivity contribution in [1.82, 2.24) is 30.4 Å². The van der Waals surface area contributed by atoms with E-state index in [4.69, 9.17) is 9.98 Å². The van der Waals surface area contributed by atoms with Crippen LogP contribution in [-0.4, -0.2) is 86.0 Å². The Balaban J connectivity index is 1.01. The summed E-state index contributed by atoms with van der Waals surface area (Å²) >= 11 is 3.40. The van der Waals surface area contributed by atoms with Gasteiger partial charge in [-0.25, -0.2) is 4.98 Å². The Bertz CT molecular complexity index is 2020. The molecule has 3 aromatic heterocycles. The standard InChI is InChI=1S/C38H43N7O5S2/c1-21(2)34(43-33(48)20-46)37(49)45-14-8-12-28(45)36-40-19-26(42-36)30-17-32-31(52-30)16-29(51-32)24-15-25(39-18-24)27-11-7-13-44(27)38(50)35(41-22(3)47)23-9-5-4-6-10-23/h4-6,9-10,16-19,21,27-28,34-35,46H,7-8,11-15,20H2,1-3H3,(H,40,42)(H,41,47)(H,43,48)/t27?,28-,34-,35+/m0/s1. The largest absolute Gasteiger partial charge is 0.387 e. The number of hydrogen-bond donors (Lipinski definition) is 4. The molecule has 3 aliphatic rings. The van der Waals surface area contributed by atoms with Crippen LogP contribution in [-0.2, 0) is 19.2 Å². The molecule has 0 aliphatic carbocycles. The molecule has 1 unspecified atom stereocenters. The van der Waals surface area contributed by atoms with Gasteiger partial charge in [0, 0.05) is 52.6 Å². The van der Waals surface area contributed by atoms with E-state index >= 15 is 0 Å². The van der Waals surface area contributed by atoms with Gasteiger partial charge in [0.25, 0.3) is 0 Å². The number of amides is 4. The molecule has 3 aliphatic heterocycles. The minimum atomic E-state index is -0.735. The van der Waals surface area contributed by atoms with Crippen molar-refractivity contribution < 1.29 is 24.3 Å². The fourth-order valence-electron chi connectivity index (χ4n) is 7.46. The van der Waals surface area contributed by atoms with Crippen LogP contribution < -0.4 is 10.6 Å². The second-order valence-corrected chi connectivity index (χ2v) is 16.1. The summed E-state index contributed by atoms with van der Waals surface area (Å²) in [6, 6.07) is 12.0. The SMILES string of the molecule is CC(=O)N[C@@H](C(=O)N1CCCC1C1=NC=C(c2cc3sc(-c4cnc([C@@H]5CCCN5C(=O)[C@@H](NC(=O)CO)C(C)C)[nH]4)cc3s2)C1)c1ccccc1. The summed E-state index contributed by atoms with van der Waals surface area (Å²) < 4.78 is 2.33. The van der Waals surface area contributed by atoms with Gasteiger partial charge in [0.05, 0.1) is 28.9 Å².